The van der Waals surface area contributed by atoms with Crippen molar-refractivity contribution in [3.63, 3.8) is 0 Å². The van der Waals surface area contributed by atoms with Crippen LogP contribution < -0.4 is 10.6 Å². The highest BCUT2D eigenvalue weighted by Gasteiger charge is 2.13. The summed E-state index contributed by atoms with van der Waals surface area (Å²) < 4.78 is 14.7. The van der Waals surface area contributed by atoms with Gasteiger partial charge in [-0.25, -0.2) is 4.39 Å². The molecule has 1 aromatic heterocycles. The van der Waals surface area contributed by atoms with E-state index < -0.39 is 11.7 Å². The number of rotatable bonds is 4. The molecule has 4 nitrogen and oxygen atoms in total. The minimum absolute atomic E-state index is 0.100. The molecule has 7 heteroatoms. The number of carbonyl (C=O) groups excluding carboxylic acids is 2. The fourth-order valence-electron chi connectivity index (χ4n) is 1.69. The largest absolute Gasteiger partial charge is 0.347 e. The van der Waals surface area contributed by atoms with Gasteiger partial charge in [0.2, 0.25) is 5.91 Å². The summed E-state index contributed by atoms with van der Waals surface area (Å²) in [5, 5.41) is 5.16. The van der Waals surface area contributed by atoms with Gasteiger partial charge in [0.1, 0.15) is 5.82 Å². The first kappa shape index (κ1) is 15.7. The Hall–Kier alpha value is -1.73. The minimum atomic E-state index is -0.631. The number of thiophene rings is 1. The Morgan fingerprint density at radius 2 is 2.05 bits per heavy atom. The average Bonchev–Trinajstić information content (AvgIpc) is 2.83. The van der Waals surface area contributed by atoms with Crippen molar-refractivity contribution in [2.75, 3.05) is 5.32 Å². The Balaban J connectivity index is 2.08. The van der Waals surface area contributed by atoms with Crippen LogP contribution in [0.5, 0.6) is 0 Å². The van der Waals surface area contributed by atoms with Crippen LogP contribution in [0.1, 0.15) is 22.2 Å². The molecule has 110 valence electrons. The average molecular weight is 371 g/mol. The molecule has 2 rings (SSSR count). The summed E-state index contributed by atoms with van der Waals surface area (Å²) in [6.45, 7) is 1.66. The van der Waals surface area contributed by atoms with Crippen molar-refractivity contribution in [3.8, 4) is 0 Å². The molecule has 0 saturated carbocycles. The number of hydrogen-bond donors (Lipinski definition) is 2. The lowest BCUT2D eigenvalue weighted by Crippen LogP contribution is -2.23. The first-order valence-electron chi connectivity index (χ1n) is 6.05. The number of anilines is 1. The van der Waals surface area contributed by atoms with Crippen LogP contribution in [0.15, 0.2) is 34.1 Å². The second-order valence-electron chi connectivity index (χ2n) is 4.26. The fourth-order valence-corrected chi connectivity index (χ4v) is 3.11. The Morgan fingerprint density at radius 3 is 2.67 bits per heavy atom. The number of benzene rings is 1. The Kier molecular flexibility index (Phi) is 5.08. The maximum Gasteiger partial charge on any atom is 0.254 e. The van der Waals surface area contributed by atoms with Gasteiger partial charge < -0.3 is 10.6 Å². The molecule has 1 aromatic carbocycles. The maximum atomic E-state index is 13.7. The fraction of sp³-hybridized carbons (Fsp3) is 0.143. The Bertz CT molecular complexity index is 687. The monoisotopic (exact) mass is 370 g/mol. The summed E-state index contributed by atoms with van der Waals surface area (Å²) in [6, 6.07) is 7.63. The van der Waals surface area contributed by atoms with Crippen LogP contribution in [0.2, 0.25) is 0 Å². The van der Waals surface area contributed by atoms with E-state index in [1.54, 1.807) is 0 Å². The molecule has 0 radical (unpaired) electrons. The lowest BCUT2D eigenvalue weighted by Gasteiger charge is -2.08. The SMILES string of the molecule is CC(=O)Nc1ccc(F)c(C(=O)NCc2ccc(Br)s2)c1. The summed E-state index contributed by atoms with van der Waals surface area (Å²) in [7, 11) is 0. The topological polar surface area (TPSA) is 58.2 Å². The van der Waals surface area contributed by atoms with Crippen molar-refractivity contribution in [2.24, 2.45) is 0 Å². The third kappa shape index (κ3) is 4.37. The van der Waals surface area contributed by atoms with Gasteiger partial charge in [0.05, 0.1) is 15.9 Å². The van der Waals surface area contributed by atoms with Gasteiger partial charge in [-0.15, -0.1) is 11.3 Å². The van der Waals surface area contributed by atoms with Crippen molar-refractivity contribution < 1.29 is 14.0 Å². The first-order valence-corrected chi connectivity index (χ1v) is 7.66. The van der Waals surface area contributed by atoms with Crippen LogP contribution in [-0.4, -0.2) is 11.8 Å². The van der Waals surface area contributed by atoms with Crippen LogP contribution in [0.25, 0.3) is 0 Å². The van der Waals surface area contributed by atoms with E-state index in [4.69, 9.17) is 0 Å². The molecule has 1 heterocycles. The van der Waals surface area contributed by atoms with Gasteiger partial charge in [-0.3, -0.25) is 9.59 Å². The lowest BCUT2D eigenvalue weighted by molar-refractivity contribution is -0.114. The van der Waals surface area contributed by atoms with Gasteiger partial charge in [-0.1, -0.05) is 0 Å². The van der Waals surface area contributed by atoms with Gasteiger partial charge in [-0.05, 0) is 46.3 Å². The zero-order valence-corrected chi connectivity index (χ0v) is 13.5. The van der Waals surface area contributed by atoms with E-state index in [-0.39, 0.29) is 11.5 Å². The molecule has 0 aliphatic carbocycles. The van der Waals surface area contributed by atoms with Crippen LogP contribution in [-0.2, 0) is 11.3 Å². The number of nitrogens with one attached hydrogen (secondary N) is 2. The number of carbonyl (C=O) groups is 2. The van der Waals surface area contributed by atoms with Gasteiger partial charge in [-0.2, -0.15) is 0 Å². The highest BCUT2D eigenvalue weighted by atomic mass is 79.9. The van der Waals surface area contributed by atoms with Crippen molar-refractivity contribution in [2.45, 2.75) is 13.5 Å². The van der Waals surface area contributed by atoms with Crippen molar-refractivity contribution in [1.29, 1.82) is 0 Å². The van der Waals surface area contributed by atoms with E-state index in [1.165, 1.54) is 30.4 Å². The van der Waals surface area contributed by atoms with Crippen molar-refractivity contribution in [3.05, 3.63) is 50.4 Å². The molecule has 0 aliphatic heterocycles. The van der Waals surface area contributed by atoms with E-state index in [9.17, 15) is 14.0 Å². The minimum Gasteiger partial charge on any atom is -0.347 e. The van der Waals surface area contributed by atoms with Gasteiger partial charge in [0.15, 0.2) is 0 Å². The Morgan fingerprint density at radius 1 is 1.29 bits per heavy atom. The smallest absolute Gasteiger partial charge is 0.254 e. The standard InChI is InChI=1S/C14H12BrFN2O2S/c1-8(19)18-9-2-4-12(16)11(6-9)14(20)17-7-10-3-5-13(15)21-10/h2-6H,7H2,1H3,(H,17,20)(H,18,19). The number of hydrogen-bond acceptors (Lipinski definition) is 3. The van der Waals surface area contributed by atoms with Crippen molar-refractivity contribution in [1.82, 2.24) is 5.32 Å². The van der Waals surface area contributed by atoms with Crippen LogP contribution in [0, 0.1) is 5.82 Å². The highest BCUT2D eigenvalue weighted by molar-refractivity contribution is 9.11. The lowest BCUT2D eigenvalue weighted by atomic mass is 10.1. The molecule has 0 atom stereocenters. The van der Waals surface area contributed by atoms with Gasteiger partial charge >= 0.3 is 0 Å². The number of halogens is 2. The molecule has 0 bridgehead atoms. The molecule has 2 N–H and O–H groups in total. The molecule has 0 saturated heterocycles. The molecule has 2 amide bonds. The van der Waals surface area contributed by atoms with Gasteiger partial charge in [0.25, 0.3) is 5.91 Å². The van der Waals surface area contributed by atoms with Crippen LogP contribution in [0.3, 0.4) is 0 Å². The molecule has 0 unspecified atom stereocenters. The zero-order valence-electron chi connectivity index (χ0n) is 11.1. The predicted octanol–water partition coefficient (Wildman–Crippen LogP) is 3.54. The zero-order chi connectivity index (χ0) is 15.4. The normalized spacial score (nSPS) is 10.2. The Labute approximate surface area is 133 Å². The third-order valence-electron chi connectivity index (χ3n) is 2.58. The summed E-state index contributed by atoms with van der Waals surface area (Å²) in [5.41, 5.74) is 0.282. The molecular weight excluding hydrogens is 359 g/mol. The summed E-state index contributed by atoms with van der Waals surface area (Å²) in [5.74, 6) is -1.44. The summed E-state index contributed by atoms with van der Waals surface area (Å²) in [4.78, 5) is 23.9. The van der Waals surface area contributed by atoms with E-state index in [2.05, 4.69) is 26.6 Å². The molecule has 21 heavy (non-hydrogen) atoms. The molecule has 2 aromatic rings. The molecule has 0 spiro atoms. The quantitative estimate of drug-likeness (QED) is 0.864. The van der Waals surface area contributed by atoms with Crippen LogP contribution >= 0.6 is 27.3 Å². The number of amides is 2. The molecule has 0 aliphatic rings. The predicted molar refractivity (Wildman–Crippen MR) is 83.9 cm³/mol. The van der Waals surface area contributed by atoms with E-state index >= 15 is 0 Å². The van der Waals surface area contributed by atoms with Crippen LogP contribution in [0.4, 0.5) is 10.1 Å². The first-order chi connectivity index (χ1) is 9.95. The second-order valence-corrected chi connectivity index (χ2v) is 6.81. The molecular formula is C14H12BrFN2O2S. The maximum absolute atomic E-state index is 13.7. The van der Waals surface area contributed by atoms with Gasteiger partial charge in [0, 0.05) is 17.5 Å². The summed E-state index contributed by atoms with van der Waals surface area (Å²) >= 11 is 4.83. The highest BCUT2D eigenvalue weighted by Crippen LogP contribution is 2.22. The van der Waals surface area contributed by atoms with E-state index in [0.29, 0.717) is 12.2 Å². The second kappa shape index (κ2) is 6.82. The van der Waals surface area contributed by atoms with E-state index in [1.807, 2.05) is 12.1 Å². The third-order valence-corrected chi connectivity index (χ3v) is 4.21. The van der Waals surface area contributed by atoms with E-state index in [0.717, 1.165) is 14.7 Å². The summed E-state index contributed by atoms with van der Waals surface area (Å²) in [6.07, 6.45) is 0. The van der Waals surface area contributed by atoms with Crippen molar-refractivity contribution >= 4 is 44.8 Å². The molecule has 0 fully saturated rings.